The van der Waals surface area contributed by atoms with Gasteiger partial charge in [0.05, 0.1) is 17.2 Å². The Balaban J connectivity index is 1.35. The van der Waals surface area contributed by atoms with E-state index in [1.54, 1.807) is 23.1 Å². The average Bonchev–Trinajstić information content (AvgIpc) is 3.51. The molecule has 2 unspecified atom stereocenters. The molecule has 1 amide bonds. The third kappa shape index (κ3) is 4.59. The van der Waals surface area contributed by atoms with Gasteiger partial charge in [-0.25, -0.2) is 0 Å². The maximum atomic E-state index is 13.4. The molecule has 2 aromatic heterocycles. The van der Waals surface area contributed by atoms with Crippen LogP contribution in [0.4, 0.5) is 13.2 Å². The summed E-state index contributed by atoms with van der Waals surface area (Å²) in [6, 6.07) is 9.43. The highest BCUT2D eigenvalue weighted by atomic mass is 19.4. The molecule has 0 spiro atoms. The van der Waals surface area contributed by atoms with E-state index in [4.69, 9.17) is 9.47 Å². The number of carbonyl (C=O) groups is 1. The topological polar surface area (TPSA) is 69.0 Å². The van der Waals surface area contributed by atoms with Crippen LogP contribution < -0.4 is 4.74 Å². The molecule has 180 valence electrons. The molecule has 2 aliphatic heterocycles. The Morgan fingerprint density at radius 1 is 1.12 bits per heavy atom. The molecule has 0 radical (unpaired) electrons. The van der Waals surface area contributed by atoms with Crippen molar-refractivity contribution >= 4 is 11.6 Å². The van der Waals surface area contributed by atoms with Crippen LogP contribution >= 0.6 is 0 Å². The van der Waals surface area contributed by atoms with Gasteiger partial charge >= 0.3 is 6.18 Å². The first-order valence-corrected chi connectivity index (χ1v) is 11.4. The van der Waals surface area contributed by atoms with Crippen molar-refractivity contribution in [1.82, 2.24) is 19.5 Å². The zero-order chi connectivity index (χ0) is 23.7. The number of amides is 1. The molecule has 10 heteroatoms. The predicted octanol–water partition coefficient (Wildman–Crippen LogP) is 4.33. The predicted molar refractivity (Wildman–Crippen MR) is 117 cm³/mol. The Hall–Kier alpha value is -3.14. The van der Waals surface area contributed by atoms with Gasteiger partial charge in [-0.15, -0.1) is 10.2 Å². The number of hydrogen-bond acceptors (Lipinski definition) is 5. The monoisotopic (exact) mass is 474 g/mol. The van der Waals surface area contributed by atoms with Gasteiger partial charge in [-0.1, -0.05) is 12.1 Å². The summed E-state index contributed by atoms with van der Waals surface area (Å²) in [5, 5.41) is 8.20. The van der Waals surface area contributed by atoms with E-state index >= 15 is 0 Å². The highest BCUT2D eigenvalue weighted by molar-refractivity contribution is 5.97. The van der Waals surface area contributed by atoms with Gasteiger partial charge in [-0.2, -0.15) is 13.2 Å². The zero-order valence-electron chi connectivity index (χ0n) is 18.5. The van der Waals surface area contributed by atoms with Crippen molar-refractivity contribution < 1.29 is 27.4 Å². The van der Waals surface area contributed by atoms with Crippen LogP contribution in [0.5, 0.6) is 5.75 Å². The fourth-order valence-corrected chi connectivity index (χ4v) is 4.62. The van der Waals surface area contributed by atoms with Crippen LogP contribution in [-0.4, -0.2) is 57.8 Å². The number of alkyl halides is 3. The fraction of sp³-hybridized carbons (Fsp3) is 0.458. The van der Waals surface area contributed by atoms with Gasteiger partial charge in [0, 0.05) is 31.8 Å². The van der Waals surface area contributed by atoms with Crippen molar-refractivity contribution in [2.45, 2.75) is 43.9 Å². The Morgan fingerprint density at radius 3 is 2.76 bits per heavy atom. The highest BCUT2D eigenvalue weighted by Crippen LogP contribution is 2.32. The molecule has 5 rings (SSSR count). The van der Waals surface area contributed by atoms with Crippen LogP contribution in [0.3, 0.4) is 0 Å². The molecule has 7 nitrogen and oxygen atoms in total. The van der Waals surface area contributed by atoms with E-state index < -0.39 is 11.7 Å². The van der Waals surface area contributed by atoms with Gasteiger partial charge in [0.25, 0.3) is 5.91 Å². The van der Waals surface area contributed by atoms with Crippen molar-refractivity contribution in [3.63, 3.8) is 0 Å². The third-order valence-electron chi connectivity index (χ3n) is 6.40. The Labute approximate surface area is 194 Å². The van der Waals surface area contributed by atoms with Crippen LogP contribution in [-0.2, 0) is 10.9 Å². The van der Waals surface area contributed by atoms with Crippen LogP contribution in [0.15, 0.2) is 42.6 Å². The van der Waals surface area contributed by atoms with Crippen molar-refractivity contribution in [2.24, 2.45) is 0 Å². The van der Waals surface area contributed by atoms with Gasteiger partial charge in [0.15, 0.2) is 5.65 Å². The smallest absolute Gasteiger partial charge is 0.417 e. The first-order chi connectivity index (χ1) is 16.4. The number of halogens is 3. The lowest BCUT2D eigenvalue weighted by Crippen LogP contribution is -2.39. The lowest BCUT2D eigenvalue weighted by atomic mass is 9.96. The summed E-state index contributed by atoms with van der Waals surface area (Å²) in [5.74, 6) is 0.544. The van der Waals surface area contributed by atoms with E-state index in [1.165, 1.54) is 10.5 Å². The largest absolute Gasteiger partial charge is 0.490 e. The number of ether oxygens (including phenoxy) is 2. The van der Waals surface area contributed by atoms with Crippen LogP contribution in [0.25, 0.3) is 5.65 Å². The maximum Gasteiger partial charge on any atom is 0.417 e. The Bertz CT molecular complexity index is 1170. The molecule has 3 aromatic rings. The quantitative estimate of drug-likeness (QED) is 0.551. The van der Waals surface area contributed by atoms with Gasteiger partial charge in [0.1, 0.15) is 18.2 Å². The van der Waals surface area contributed by atoms with Gasteiger partial charge in [0.2, 0.25) is 0 Å². The summed E-state index contributed by atoms with van der Waals surface area (Å²) >= 11 is 0. The number of likely N-dealkylation sites (tertiary alicyclic amines) is 1. The second-order valence-corrected chi connectivity index (χ2v) is 8.73. The van der Waals surface area contributed by atoms with Crippen molar-refractivity contribution in [3.8, 4) is 5.75 Å². The second-order valence-electron chi connectivity index (χ2n) is 8.73. The van der Waals surface area contributed by atoms with E-state index in [0.29, 0.717) is 55.3 Å². The molecular weight excluding hydrogens is 449 g/mol. The number of hydrogen-bond donors (Lipinski definition) is 0. The number of nitrogens with zero attached hydrogens (tertiary/aromatic N) is 4. The van der Waals surface area contributed by atoms with Crippen LogP contribution in [0.2, 0.25) is 0 Å². The van der Waals surface area contributed by atoms with Crippen LogP contribution in [0.1, 0.15) is 53.3 Å². The molecule has 0 N–H and O–H groups in total. The number of fused-ring (bicyclic) bond motifs is 1. The van der Waals surface area contributed by atoms with Gasteiger partial charge in [-0.05, 0) is 49.9 Å². The molecule has 2 atom stereocenters. The highest BCUT2D eigenvalue weighted by Gasteiger charge is 2.33. The lowest BCUT2D eigenvalue weighted by molar-refractivity contribution is -0.137. The minimum absolute atomic E-state index is 0.0327. The number of rotatable bonds is 5. The summed E-state index contributed by atoms with van der Waals surface area (Å²) in [5.41, 5.74) is 0.0491. The zero-order valence-corrected chi connectivity index (χ0v) is 18.5. The molecule has 2 fully saturated rings. The van der Waals surface area contributed by atoms with Gasteiger partial charge in [-0.3, -0.25) is 9.20 Å². The number of benzene rings is 1. The number of pyridine rings is 1. The van der Waals surface area contributed by atoms with E-state index in [9.17, 15) is 18.0 Å². The first kappa shape index (κ1) is 22.6. The fourth-order valence-electron chi connectivity index (χ4n) is 4.62. The van der Waals surface area contributed by atoms with E-state index in [1.807, 2.05) is 6.07 Å². The van der Waals surface area contributed by atoms with Crippen molar-refractivity contribution in [1.29, 1.82) is 0 Å². The lowest BCUT2D eigenvalue weighted by Gasteiger charge is -2.32. The molecule has 4 heterocycles. The van der Waals surface area contributed by atoms with E-state index in [-0.39, 0.29) is 17.9 Å². The minimum Gasteiger partial charge on any atom is -0.490 e. The molecule has 0 bridgehead atoms. The summed E-state index contributed by atoms with van der Waals surface area (Å²) in [7, 11) is 0. The molecule has 0 saturated carbocycles. The summed E-state index contributed by atoms with van der Waals surface area (Å²) in [6.45, 7) is 2.02. The molecule has 1 aromatic carbocycles. The number of piperidine rings is 1. The standard InChI is InChI=1S/C24H25F3N4O3/c25-24(26,27)17-9-10-21-28-29-22(31(21)14-17)16-5-3-11-30(13-16)23(32)19-7-1-2-8-20(19)34-15-18-6-4-12-33-18/h1-2,7-10,14,16,18H,3-6,11-13,15H2. The SMILES string of the molecule is O=C(c1ccccc1OCC1CCCO1)N1CCCC(c2nnc3ccc(C(F)(F)F)cn23)C1. The van der Waals surface area contributed by atoms with E-state index in [2.05, 4.69) is 10.2 Å². The second kappa shape index (κ2) is 9.25. The molecule has 2 saturated heterocycles. The molecule has 34 heavy (non-hydrogen) atoms. The summed E-state index contributed by atoms with van der Waals surface area (Å²) < 4.78 is 52.6. The number of aromatic nitrogens is 3. The van der Waals surface area contributed by atoms with Gasteiger partial charge < -0.3 is 14.4 Å². The average molecular weight is 474 g/mol. The van der Waals surface area contributed by atoms with Crippen molar-refractivity contribution in [3.05, 3.63) is 59.5 Å². The number of para-hydroxylation sites is 1. The maximum absolute atomic E-state index is 13.4. The summed E-state index contributed by atoms with van der Waals surface area (Å²) in [4.78, 5) is 15.1. The Morgan fingerprint density at radius 2 is 1.97 bits per heavy atom. The molecular formula is C24H25F3N4O3. The Kier molecular flexibility index (Phi) is 6.16. The molecule has 2 aliphatic rings. The normalized spacial score (nSPS) is 21.2. The van der Waals surface area contributed by atoms with Crippen LogP contribution in [0, 0.1) is 0 Å². The van der Waals surface area contributed by atoms with Crippen molar-refractivity contribution in [2.75, 3.05) is 26.3 Å². The minimum atomic E-state index is -4.46. The summed E-state index contributed by atoms with van der Waals surface area (Å²) in [6.07, 6.45) is -0.0405. The van der Waals surface area contributed by atoms with E-state index in [0.717, 1.165) is 31.7 Å². The molecule has 0 aliphatic carbocycles. The first-order valence-electron chi connectivity index (χ1n) is 11.4. The number of carbonyl (C=O) groups excluding carboxylic acids is 1. The third-order valence-corrected chi connectivity index (χ3v) is 6.40.